The first-order valence-corrected chi connectivity index (χ1v) is 7.66. The zero-order valence-electron chi connectivity index (χ0n) is 12.3. The van der Waals surface area contributed by atoms with Crippen molar-refractivity contribution in [3.63, 3.8) is 0 Å². The lowest BCUT2D eigenvalue weighted by Gasteiger charge is -2.54. The largest absolute Gasteiger partial charge is 0.244 e. The van der Waals surface area contributed by atoms with Crippen LogP contribution in [0.5, 0.6) is 0 Å². The number of hydrogen-bond donors (Lipinski definition) is 0. The zero-order valence-corrected chi connectivity index (χ0v) is 12.3. The van der Waals surface area contributed by atoms with Gasteiger partial charge in [-0.2, -0.15) is 0 Å². The van der Waals surface area contributed by atoms with Crippen LogP contribution >= 0.6 is 0 Å². The van der Waals surface area contributed by atoms with Gasteiger partial charge in [0.25, 0.3) is 0 Å². The van der Waals surface area contributed by atoms with E-state index in [-0.39, 0.29) is 5.41 Å². The van der Waals surface area contributed by atoms with Gasteiger partial charge in [-0.15, -0.1) is 0 Å². The molecule has 0 spiro atoms. The van der Waals surface area contributed by atoms with E-state index in [1.807, 2.05) is 6.92 Å². The molecule has 0 heterocycles. The zero-order chi connectivity index (χ0) is 12.9. The van der Waals surface area contributed by atoms with Crippen LogP contribution in [0, 0.1) is 11.3 Å². The molecule has 0 saturated heterocycles. The third-order valence-corrected chi connectivity index (χ3v) is 5.15. The van der Waals surface area contributed by atoms with E-state index in [0.29, 0.717) is 5.92 Å². The van der Waals surface area contributed by atoms with Crippen molar-refractivity contribution >= 4 is 0 Å². The van der Waals surface area contributed by atoms with Crippen LogP contribution in [-0.2, 0) is 0 Å². The summed E-state index contributed by atoms with van der Waals surface area (Å²) in [5.74, 6) is 0.696. The highest BCUT2D eigenvalue weighted by atomic mass is 19.1. The first kappa shape index (κ1) is 15.0. The van der Waals surface area contributed by atoms with Crippen molar-refractivity contribution in [2.24, 2.45) is 11.3 Å². The maximum absolute atomic E-state index is 14.3. The Hall–Kier alpha value is -0.0700. The van der Waals surface area contributed by atoms with Gasteiger partial charge in [0.2, 0.25) is 0 Å². The van der Waals surface area contributed by atoms with Crippen LogP contribution in [0.25, 0.3) is 0 Å². The minimum absolute atomic E-state index is 0.0111. The van der Waals surface area contributed by atoms with Crippen molar-refractivity contribution in [2.45, 2.75) is 91.2 Å². The lowest BCUT2D eigenvalue weighted by molar-refractivity contribution is -0.109. The molecule has 1 aliphatic rings. The summed E-state index contributed by atoms with van der Waals surface area (Å²) in [6.45, 7) is 8.56. The second-order valence-electron chi connectivity index (χ2n) is 6.49. The average molecular weight is 242 g/mol. The van der Waals surface area contributed by atoms with E-state index >= 15 is 0 Å². The van der Waals surface area contributed by atoms with Crippen molar-refractivity contribution in [1.29, 1.82) is 0 Å². The summed E-state index contributed by atoms with van der Waals surface area (Å²) in [6.07, 6.45) is 10.6. The average Bonchev–Trinajstić information content (AvgIpc) is 2.30. The molecule has 0 aromatic heterocycles. The molecule has 0 aromatic carbocycles. The predicted molar refractivity (Wildman–Crippen MR) is 74.0 cm³/mol. The molecule has 0 aliphatic heterocycles. The van der Waals surface area contributed by atoms with E-state index in [1.165, 1.54) is 32.1 Å². The summed E-state index contributed by atoms with van der Waals surface area (Å²) in [5, 5.41) is 0. The molecule has 17 heavy (non-hydrogen) atoms. The first-order valence-electron chi connectivity index (χ1n) is 7.66. The van der Waals surface area contributed by atoms with Crippen LogP contribution in [0.4, 0.5) is 4.39 Å². The van der Waals surface area contributed by atoms with Crippen LogP contribution in [0.2, 0.25) is 0 Å². The fourth-order valence-electron chi connectivity index (χ4n) is 3.52. The van der Waals surface area contributed by atoms with E-state index in [1.54, 1.807) is 0 Å². The molecule has 1 heteroatoms. The Morgan fingerprint density at radius 2 is 1.82 bits per heavy atom. The summed E-state index contributed by atoms with van der Waals surface area (Å²) >= 11 is 0. The third kappa shape index (κ3) is 3.45. The Morgan fingerprint density at radius 1 is 1.12 bits per heavy atom. The minimum atomic E-state index is -0.889. The first-order chi connectivity index (χ1) is 7.97. The highest BCUT2D eigenvalue weighted by Crippen LogP contribution is 2.58. The molecule has 0 amide bonds. The maximum Gasteiger partial charge on any atom is 0.113 e. The van der Waals surface area contributed by atoms with Crippen LogP contribution in [0.3, 0.4) is 0 Å². The summed E-state index contributed by atoms with van der Waals surface area (Å²) in [5.41, 5.74) is -0.878. The maximum atomic E-state index is 14.3. The van der Waals surface area contributed by atoms with Crippen molar-refractivity contribution < 1.29 is 4.39 Å². The van der Waals surface area contributed by atoms with Gasteiger partial charge in [0, 0.05) is 5.41 Å². The number of alkyl halides is 1. The summed E-state index contributed by atoms with van der Waals surface area (Å²) in [7, 11) is 0. The van der Waals surface area contributed by atoms with Gasteiger partial charge < -0.3 is 0 Å². The van der Waals surface area contributed by atoms with Crippen LogP contribution in [-0.4, -0.2) is 5.67 Å². The lowest BCUT2D eigenvalue weighted by Crippen LogP contribution is -2.52. The van der Waals surface area contributed by atoms with Gasteiger partial charge in [-0.3, -0.25) is 0 Å². The molecular formula is C16H31F. The lowest BCUT2D eigenvalue weighted by atomic mass is 9.54. The fourth-order valence-corrected chi connectivity index (χ4v) is 3.52. The van der Waals surface area contributed by atoms with E-state index in [9.17, 15) is 4.39 Å². The molecule has 1 saturated carbocycles. The standard InChI is InChI=1S/C16H31F/c1-5-7-8-9-10-14(3)13-16(6-2)12-11-15(16,4)17/h14H,5-13H2,1-4H3. The van der Waals surface area contributed by atoms with Crippen molar-refractivity contribution in [1.82, 2.24) is 0 Å². The van der Waals surface area contributed by atoms with E-state index < -0.39 is 5.67 Å². The van der Waals surface area contributed by atoms with Crippen LogP contribution in [0.15, 0.2) is 0 Å². The molecule has 0 radical (unpaired) electrons. The van der Waals surface area contributed by atoms with Gasteiger partial charge in [0.05, 0.1) is 0 Å². The van der Waals surface area contributed by atoms with Gasteiger partial charge in [0.15, 0.2) is 0 Å². The molecule has 0 bridgehead atoms. The van der Waals surface area contributed by atoms with Gasteiger partial charge in [0.1, 0.15) is 5.67 Å². The number of halogens is 1. The summed E-state index contributed by atoms with van der Waals surface area (Å²) in [4.78, 5) is 0. The Bertz CT molecular complexity index is 218. The SMILES string of the molecule is CCCCCCC(C)CC1(CC)CCC1(C)F. The highest BCUT2D eigenvalue weighted by Gasteiger charge is 2.55. The van der Waals surface area contributed by atoms with Crippen LogP contribution in [0.1, 0.15) is 85.5 Å². The molecule has 0 aromatic rings. The summed E-state index contributed by atoms with van der Waals surface area (Å²) < 4.78 is 14.3. The Labute approximate surface area is 107 Å². The monoisotopic (exact) mass is 242 g/mol. The van der Waals surface area contributed by atoms with Gasteiger partial charge >= 0.3 is 0 Å². The predicted octanol–water partition coefficient (Wildman–Crippen LogP) is 5.90. The Morgan fingerprint density at radius 3 is 2.24 bits per heavy atom. The van der Waals surface area contributed by atoms with E-state index in [2.05, 4.69) is 20.8 Å². The smallest absolute Gasteiger partial charge is 0.113 e. The second-order valence-corrected chi connectivity index (χ2v) is 6.49. The normalized spacial score (nSPS) is 34.4. The fraction of sp³-hybridized carbons (Fsp3) is 1.00. The molecule has 3 unspecified atom stereocenters. The quantitative estimate of drug-likeness (QED) is 0.465. The Kier molecular flexibility index (Phi) is 5.47. The number of unbranched alkanes of at least 4 members (excludes halogenated alkanes) is 3. The molecule has 0 N–H and O–H groups in total. The molecular weight excluding hydrogens is 211 g/mol. The van der Waals surface area contributed by atoms with Crippen molar-refractivity contribution in [3.8, 4) is 0 Å². The molecule has 1 aliphatic carbocycles. The number of hydrogen-bond acceptors (Lipinski definition) is 0. The molecule has 1 fully saturated rings. The second kappa shape index (κ2) is 6.20. The number of rotatable bonds is 8. The topological polar surface area (TPSA) is 0 Å². The molecule has 1 rings (SSSR count). The highest BCUT2D eigenvalue weighted by molar-refractivity contribution is 5.05. The van der Waals surface area contributed by atoms with E-state index in [0.717, 1.165) is 25.7 Å². The van der Waals surface area contributed by atoms with Gasteiger partial charge in [-0.1, -0.05) is 52.9 Å². The minimum Gasteiger partial charge on any atom is -0.244 e. The Balaban J connectivity index is 2.31. The van der Waals surface area contributed by atoms with Crippen molar-refractivity contribution in [3.05, 3.63) is 0 Å². The van der Waals surface area contributed by atoms with Gasteiger partial charge in [-0.25, -0.2) is 4.39 Å². The van der Waals surface area contributed by atoms with E-state index in [4.69, 9.17) is 0 Å². The van der Waals surface area contributed by atoms with Crippen molar-refractivity contribution in [2.75, 3.05) is 0 Å². The molecule has 102 valence electrons. The van der Waals surface area contributed by atoms with Crippen LogP contribution < -0.4 is 0 Å². The molecule has 3 atom stereocenters. The molecule has 0 nitrogen and oxygen atoms in total. The third-order valence-electron chi connectivity index (χ3n) is 5.15. The summed E-state index contributed by atoms with van der Waals surface area (Å²) in [6, 6.07) is 0. The van der Waals surface area contributed by atoms with Gasteiger partial charge in [-0.05, 0) is 38.5 Å².